The predicted octanol–water partition coefficient (Wildman–Crippen LogP) is 3.33. The van der Waals surface area contributed by atoms with Gasteiger partial charge in [0.2, 0.25) is 0 Å². The Morgan fingerprint density at radius 2 is 1.89 bits per heavy atom. The lowest BCUT2D eigenvalue weighted by atomic mass is 10.2. The summed E-state index contributed by atoms with van der Waals surface area (Å²) in [5.74, 6) is 1.90. The number of hydrogen-bond acceptors (Lipinski definition) is 6. The first-order chi connectivity index (χ1) is 12.9. The average molecular weight is 387 g/mol. The largest absolute Gasteiger partial charge is 0.497 e. The Morgan fingerprint density at radius 3 is 2.56 bits per heavy atom. The quantitative estimate of drug-likeness (QED) is 0.577. The molecule has 0 aliphatic carbocycles. The molecule has 3 rings (SSSR count). The Bertz CT molecular complexity index is 1030. The summed E-state index contributed by atoms with van der Waals surface area (Å²) in [6.07, 6.45) is 0.972. The lowest BCUT2D eigenvalue weighted by Gasteiger charge is -2.12. The molecule has 0 aliphatic rings. The molecule has 1 aromatic heterocycles. The Hall–Kier alpha value is -2.68. The molecule has 0 aliphatic heterocycles. The van der Waals surface area contributed by atoms with Crippen LogP contribution in [0.4, 0.5) is 0 Å². The lowest BCUT2D eigenvalue weighted by molar-refractivity contribution is 0.199. The summed E-state index contributed by atoms with van der Waals surface area (Å²) >= 11 is 0. The molecule has 0 spiro atoms. The van der Waals surface area contributed by atoms with Gasteiger partial charge in [-0.1, -0.05) is 0 Å². The van der Waals surface area contributed by atoms with E-state index >= 15 is 0 Å². The molecule has 142 valence electrons. The fourth-order valence-electron chi connectivity index (χ4n) is 2.47. The van der Waals surface area contributed by atoms with E-state index in [0.717, 1.165) is 10.9 Å². The molecular formula is C19H21N3O4S. The Labute approximate surface area is 158 Å². The number of methoxy groups -OCH3 is 1. The number of fused-ring (bicyclic) bond motifs is 1. The molecule has 0 radical (unpaired) electrons. The maximum absolute atomic E-state index is 12.4. The van der Waals surface area contributed by atoms with E-state index in [0.29, 0.717) is 22.1 Å². The number of aromatic nitrogens is 1. The van der Waals surface area contributed by atoms with Crippen LogP contribution in [0.5, 0.6) is 17.2 Å². The van der Waals surface area contributed by atoms with Crippen LogP contribution in [0, 0.1) is 4.78 Å². The summed E-state index contributed by atoms with van der Waals surface area (Å²) in [5.41, 5.74) is 0.750. The number of ether oxygens (including phenoxy) is 2. The van der Waals surface area contributed by atoms with E-state index in [2.05, 4.69) is 9.71 Å². The van der Waals surface area contributed by atoms with Gasteiger partial charge in [0.25, 0.3) is 0 Å². The second-order valence-electron chi connectivity index (χ2n) is 6.02. The SMILES string of the molecule is COc1ccc2c(Oc3ccc(S(=N)(=O)NC[C@H](C)O)cc3)ccnc2c1. The normalized spacial score (nSPS) is 14.5. The number of hydrogen-bond donors (Lipinski definition) is 3. The third-order valence-electron chi connectivity index (χ3n) is 3.88. The van der Waals surface area contributed by atoms with Gasteiger partial charge in [-0.25, -0.2) is 13.7 Å². The lowest BCUT2D eigenvalue weighted by Crippen LogP contribution is -2.29. The van der Waals surface area contributed by atoms with E-state index in [4.69, 9.17) is 14.3 Å². The Kier molecular flexibility index (Phi) is 5.59. The molecule has 1 heterocycles. The van der Waals surface area contributed by atoms with Crippen LogP contribution in [0.15, 0.2) is 59.6 Å². The second-order valence-corrected chi connectivity index (χ2v) is 7.89. The topological polar surface area (TPSA) is 105 Å². The predicted molar refractivity (Wildman–Crippen MR) is 104 cm³/mol. The Morgan fingerprint density at radius 1 is 1.19 bits per heavy atom. The third-order valence-corrected chi connectivity index (χ3v) is 5.38. The van der Waals surface area contributed by atoms with Gasteiger partial charge in [-0.05, 0) is 49.4 Å². The summed E-state index contributed by atoms with van der Waals surface area (Å²) in [6.45, 7) is 1.64. The molecule has 7 nitrogen and oxygen atoms in total. The van der Waals surface area contributed by atoms with Crippen LogP contribution >= 0.6 is 0 Å². The third kappa shape index (κ3) is 4.54. The van der Waals surface area contributed by atoms with Crippen molar-refractivity contribution in [2.24, 2.45) is 0 Å². The molecule has 0 amide bonds. The number of benzene rings is 2. The summed E-state index contributed by atoms with van der Waals surface area (Å²) in [7, 11) is -1.58. The number of aliphatic hydroxyl groups excluding tert-OH is 1. The standard InChI is InChI=1S/C19H21N3O4S/c1-13(23)12-22-27(20,24)16-6-3-14(4-7-16)26-19-9-10-21-18-11-15(25-2)5-8-17(18)19/h3-11,13,23H,12H2,1-2H3,(H2,20,22,24)/t13-,27?/m0/s1. The summed E-state index contributed by atoms with van der Waals surface area (Å²) in [4.78, 5) is 4.64. The van der Waals surface area contributed by atoms with Crippen LogP contribution < -0.4 is 14.2 Å². The van der Waals surface area contributed by atoms with Crippen molar-refractivity contribution < 1.29 is 18.8 Å². The first-order valence-corrected chi connectivity index (χ1v) is 9.87. The van der Waals surface area contributed by atoms with Crippen molar-refractivity contribution in [1.82, 2.24) is 9.71 Å². The molecule has 0 bridgehead atoms. The summed E-state index contributed by atoms with van der Waals surface area (Å²) in [6, 6.07) is 13.8. The van der Waals surface area contributed by atoms with E-state index in [1.54, 1.807) is 50.6 Å². The van der Waals surface area contributed by atoms with Gasteiger partial charge in [0, 0.05) is 24.2 Å². The molecule has 2 atom stereocenters. The highest BCUT2D eigenvalue weighted by Crippen LogP contribution is 2.31. The van der Waals surface area contributed by atoms with Gasteiger partial charge in [-0.15, -0.1) is 0 Å². The zero-order valence-corrected chi connectivity index (χ0v) is 15.8. The van der Waals surface area contributed by atoms with Gasteiger partial charge in [-0.3, -0.25) is 4.98 Å². The van der Waals surface area contributed by atoms with Crippen molar-refractivity contribution in [2.45, 2.75) is 17.9 Å². The first kappa shape index (κ1) is 19.1. The van der Waals surface area contributed by atoms with Crippen molar-refractivity contribution in [1.29, 1.82) is 4.78 Å². The number of rotatable bonds is 7. The van der Waals surface area contributed by atoms with Crippen LogP contribution in [0.25, 0.3) is 10.9 Å². The molecule has 3 N–H and O–H groups in total. The number of nitrogens with zero attached hydrogens (tertiary/aromatic N) is 1. The van der Waals surface area contributed by atoms with E-state index in [-0.39, 0.29) is 6.54 Å². The molecule has 0 fully saturated rings. The van der Waals surface area contributed by atoms with Crippen molar-refractivity contribution >= 4 is 20.8 Å². The van der Waals surface area contributed by atoms with Crippen molar-refractivity contribution in [3.05, 3.63) is 54.7 Å². The number of pyridine rings is 1. The van der Waals surface area contributed by atoms with Crippen LogP contribution in [-0.2, 0) is 9.92 Å². The van der Waals surface area contributed by atoms with E-state index in [9.17, 15) is 9.32 Å². The van der Waals surface area contributed by atoms with Gasteiger partial charge in [0.05, 0.1) is 23.6 Å². The average Bonchev–Trinajstić information content (AvgIpc) is 2.67. The van der Waals surface area contributed by atoms with Gasteiger partial charge < -0.3 is 14.6 Å². The minimum Gasteiger partial charge on any atom is -0.497 e. The molecule has 2 aromatic carbocycles. The monoisotopic (exact) mass is 387 g/mol. The van der Waals surface area contributed by atoms with Gasteiger partial charge in [-0.2, -0.15) is 0 Å². The molecule has 27 heavy (non-hydrogen) atoms. The highest BCUT2D eigenvalue weighted by molar-refractivity contribution is 7.90. The maximum Gasteiger partial charge on any atom is 0.138 e. The summed E-state index contributed by atoms with van der Waals surface area (Å²) in [5, 5.41) is 10.1. The van der Waals surface area contributed by atoms with Crippen molar-refractivity contribution in [3.63, 3.8) is 0 Å². The second kappa shape index (κ2) is 7.91. The molecular weight excluding hydrogens is 366 g/mol. The van der Waals surface area contributed by atoms with Crippen LogP contribution in [-0.4, -0.2) is 34.1 Å². The molecule has 1 unspecified atom stereocenters. The molecule has 0 saturated carbocycles. The molecule has 8 heteroatoms. The van der Waals surface area contributed by atoms with Gasteiger partial charge >= 0.3 is 0 Å². The smallest absolute Gasteiger partial charge is 0.138 e. The highest BCUT2D eigenvalue weighted by atomic mass is 32.2. The van der Waals surface area contributed by atoms with Gasteiger partial charge in [0.1, 0.15) is 27.2 Å². The zero-order chi connectivity index (χ0) is 19.4. The first-order valence-electron chi connectivity index (χ1n) is 8.31. The minimum atomic E-state index is -3.18. The van der Waals surface area contributed by atoms with Gasteiger partial charge in [0.15, 0.2) is 0 Å². The molecule has 0 saturated heterocycles. The van der Waals surface area contributed by atoms with Crippen LogP contribution in [0.3, 0.4) is 0 Å². The fourth-order valence-corrected chi connectivity index (χ4v) is 3.63. The molecule has 3 aromatic rings. The van der Waals surface area contributed by atoms with E-state index in [1.807, 2.05) is 18.2 Å². The van der Waals surface area contributed by atoms with Crippen molar-refractivity contribution in [2.75, 3.05) is 13.7 Å². The van der Waals surface area contributed by atoms with Crippen LogP contribution in [0.1, 0.15) is 6.92 Å². The zero-order valence-electron chi connectivity index (χ0n) is 15.0. The maximum atomic E-state index is 12.4. The summed E-state index contributed by atoms with van der Waals surface area (Å²) < 4.78 is 34.0. The van der Waals surface area contributed by atoms with Crippen molar-refractivity contribution in [3.8, 4) is 17.2 Å². The minimum absolute atomic E-state index is 0.0764. The Balaban J connectivity index is 1.82. The number of nitrogens with one attached hydrogen (secondary N) is 2. The highest BCUT2D eigenvalue weighted by Gasteiger charge is 2.11. The van der Waals surface area contributed by atoms with E-state index in [1.165, 1.54) is 0 Å². The van der Waals surface area contributed by atoms with E-state index < -0.39 is 16.0 Å². The van der Waals surface area contributed by atoms with Crippen LogP contribution in [0.2, 0.25) is 0 Å². The fraction of sp³-hybridized carbons (Fsp3) is 0.211. The number of aliphatic hydroxyl groups is 1.